The summed E-state index contributed by atoms with van der Waals surface area (Å²) >= 11 is 15.3. The first-order valence-electron chi connectivity index (χ1n) is 5.72. The predicted molar refractivity (Wildman–Crippen MR) is 80.1 cm³/mol. The molecule has 0 aromatic heterocycles. The van der Waals surface area contributed by atoms with Crippen molar-refractivity contribution in [2.24, 2.45) is 5.73 Å². The number of nitrogens with two attached hydrogens (primary N) is 1. The number of rotatable bonds is 2. The van der Waals surface area contributed by atoms with Gasteiger partial charge in [0.05, 0.1) is 10.0 Å². The highest BCUT2D eigenvalue weighted by Gasteiger charge is 2.32. The molecule has 1 saturated heterocycles. The lowest BCUT2D eigenvalue weighted by molar-refractivity contribution is 0.316. The Morgan fingerprint density at radius 1 is 1.32 bits per heavy atom. The standard InChI is InChI=1S/C11H13BrCl2N2O2S/c12-7-4-9(13)11(10(14)5-7)19(17,18)16-3-1-2-8(15)6-16/h4-5,8H,1-3,6,15H2/t8-/m1/s1. The van der Waals surface area contributed by atoms with Crippen LogP contribution in [-0.4, -0.2) is 31.9 Å². The number of hydrogen-bond donors (Lipinski definition) is 1. The van der Waals surface area contributed by atoms with Crippen LogP contribution in [0.5, 0.6) is 0 Å². The molecule has 0 saturated carbocycles. The average molecular weight is 388 g/mol. The Hall–Kier alpha value is 0.150. The van der Waals surface area contributed by atoms with Gasteiger partial charge < -0.3 is 5.73 Å². The first-order chi connectivity index (χ1) is 8.82. The van der Waals surface area contributed by atoms with Gasteiger partial charge >= 0.3 is 0 Å². The Morgan fingerprint density at radius 3 is 2.42 bits per heavy atom. The van der Waals surface area contributed by atoms with E-state index in [1.807, 2.05) is 0 Å². The van der Waals surface area contributed by atoms with Gasteiger partial charge in [-0.2, -0.15) is 4.31 Å². The minimum atomic E-state index is -3.70. The molecule has 1 aromatic carbocycles. The van der Waals surface area contributed by atoms with Gasteiger partial charge in [0.15, 0.2) is 0 Å². The number of piperidine rings is 1. The Balaban J connectivity index is 2.45. The number of benzene rings is 1. The Kier molecular flexibility index (Phi) is 4.80. The van der Waals surface area contributed by atoms with Crippen molar-refractivity contribution in [3.05, 3.63) is 26.7 Å². The van der Waals surface area contributed by atoms with Crippen LogP contribution in [0.1, 0.15) is 12.8 Å². The molecular formula is C11H13BrCl2N2O2S. The molecule has 2 N–H and O–H groups in total. The van der Waals surface area contributed by atoms with Crippen molar-refractivity contribution in [1.82, 2.24) is 4.31 Å². The van der Waals surface area contributed by atoms with Crippen LogP contribution in [0.25, 0.3) is 0 Å². The molecule has 8 heteroatoms. The number of halogens is 3. The smallest absolute Gasteiger partial charge is 0.246 e. The van der Waals surface area contributed by atoms with Gasteiger partial charge in [-0.1, -0.05) is 39.1 Å². The van der Waals surface area contributed by atoms with E-state index >= 15 is 0 Å². The second-order valence-corrected chi connectivity index (χ2v) is 8.07. The second-order valence-electron chi connectivity index (χ2n) is 4.46. The number of hydrogen-bond acceptors (Lipinski definition) is 3. The van der Waals surface area contributed by atoms with E-state index in [0.29, 0.717) is 17.6 Å². The van der Waals surface area contributed by atoms with Crippen LogP contribution in [0.15, 0.2) is 21.5 Å². The molecule has 0 aliphatic carbocycles. The highest BCUT2D eigenvalue weighted by Crippen LogP contribution is 2.35. The molecular weight excluding hydrogens is 375 g/mol. The first-order valence-corrected chi connectivity index (χ1v) is 8.71. The fourth-order valence-electron chi connectivity index (χ4n) is 2.10. The van der Waals surface area contributed by atoms with Crippen LogP contribution in [0.4, 0.5) is 0 Å². The van der Waals surface area contributed by atoms with E-state index in [9.17, 15) is 8.42 Å². The van der Waals surface area contributed by atoms with Gasteiger partial charge in [-0.05, 0) is 25.0 Å². The molecule has 0 radical (unpaired) electrons. The molecule has 0 spiro atoms. The largest absolute Gasteiger partial charge is 0.327 e. The van der Waals surface area contributed by atoms with Crippen LogP contribution >= 0.6 is 39.1 Å². The topological polar surface area (TPSA) is 63.4 Å². The zero-order valence-electron chi connectivity index (χ0n) is 9.94. The van der Waals surface area contributed by atoms with Crippen LogP contribution in [0.2, 0.25) is 10.0 Å². The van der Waals surface area contributed by atoms with Gasteiger partial charge in [-0.25, -0.2) is 8.42 Å². The highest BCUT2D eigenvalue weighted by molar-refractivity contribution is 9.10. The summed E-state index contributed by atoms with van der Waals surface area (Å²) in [4.78, 5) is -0.0480. The Morgan fingerprint density at radius 2 is 1.89 bits per heavy atom. The van der Waals surface area contributed by atoms with E-state index in [1.165, 1.54) is 16.4 Å². The molecule has 1 aromatic rings. The van der Waals surface area contributed by atoms with E-state index in [2.05, 4.69) is 15.9 Å². The van der Waals surface area contributed by atoms with Crippen molar-refractivity contribution >= 4 is 49.2 Å². The summed E-state index contributed by atoms with van der Waals surface area (Å²) in [5, 5.41) is 0.219. The van der Waals surface area contributed by atoms with Crippen molar-refractivity contribution in [3.63, 3.8) is 0 Å². The lowest BCUT2D eigenvalue weighted by atomic mass is 10.1. The normalized spacial score (nSPS) is 21.6. The third-order valence-electron chi connectivity index (χ3n) is 2.98. The summed E-state index contributed by atoms with van der Waals surface area (Å²) in [6.45, 7) is 0.740. The maximum atomic E-state index is 12.6. The molecule has 0 unspecified atom stereocenters. The average Bonchev–Trinajstić information content (AvgIpc) is 2.26. The lowest BCUT2D eigenvalue weighted by Gasteiger charge is -2.30. The zero-order chi connectivity index (χ0) is 14.2. The van der Waals surface area contributed by atoms with Gasteiger partial charge in [0.2, 0.25) is 10.0 Å². The van der Waals surface area contributed by atoms with Gasteiger partial charge in [0, 0.05) is 23.6 Å². The molecule has 1 heterocycles. The third kappa shape index (κ3) is 3.25. The van der Waals surface area contributed by atoms with E-state index in [4.69, 9.17) is 28.9 Å². The molecule has 1 fully saturated rings. The molecule has 1 atom stereocenters. The summed E-state index contributed by atoms with van der Waals surface area (Å²) in [5.41, 5.74) is 5.82. The maximum absolute atomic E-state index is 12.6. The minimum absolute atomic E-state index is 0.0480. The van der Waals surface area contributed by atoms with Crippen LogP contribution in [0, 0.1) is 0 Å². The molecule has 2 rings (SSSR count). The highest BCUT2D eigenvalue weighted by atomic mass is 79.9. The molecule has 1 aliphatic heterocycles. The van der Waals surface area contributed by atoms with Gasteiger partial charge in [0.1, 0.15) is 4.90 Å². The van der Waals surface area contributed by atoms with Crippen molar-refractivity contribution in [1.29, 1.82) is 0 Å². The monoisotopic (exact) mass is 386 g/mol. The first kappa shape index (κ1) is 15.5. The summed E-state index contributed by atoms with van der Waals surface area (Å²) in [6.07, 6.45) is 1.57. The quantitative estimate of drug-likeness (QED) is 0.848. The maximum Gasteiger partial charge on any atom is 0.246 e. The molecule has 106 valence electrons. The predicted octanol–water partition coefficient (Wildman–Crippen LogP) is 2.87. The molecule has 19 heavy (non-hydrogen) atoms. The minimum Gasteiger partial charge on any atom is -0.327 e. The SMILES string of the molecule is N[C@@H]1CCCN(S(=O)(=O)c2c(Cl)cc(Br)cc2Cl)C1. The van der Waals surface area contributed by atoms with E-state index in [0.717, 1.165) is 12.8 Å². The van der Waals surface area contributed by atoms with Crippen LogP contribution in [-0.2, 0) is 10.0 Å². The van der Waals surface area contributed by atoms with Gasteiger partial charge in [0.25, 0.3) is 0 Å². The van der Waals surface area contributed by atoms with Crippen molar-refractivity contribution in [2.75, 3.05) is 13.1 Å². The molecule has 0 bridgehead atoms. The van der Waals surface area contributed by atoms with Gasteiger partial charge in [-0.3, -0.25) is 0 Å². The van der Waals surface area contributed by atoms with E-state index in [-0.39, 0.29) is 21.0 Å². The van der Waals surface area contributed by atoms with Crippen molar-refractivity contribution in [3.8, 4) is 0 Å². The lowest BCUT2D eigenvalue weighted by Crippen LogP contribution is -2.45. The van der Waals surface area contributed by atoms with Crippen LogP contribution in [0.3, 0.4) is 0 Å². The summed E-state index contributed by atoms with van der Waals surface area (Å²) in [5.74, 6) is 0. The summed E-state index contributed by atoms with van der Waals surface area (Å²) in [7, 11) is -3.70. The number of sulfonamides is 1. The van der Waals surface area contributed by atoms with E-state index < -0.39 is 10.0 Å². The molecule has 0 amide bonds. The fourth-order valence-corrected chi connectivity index (χ4v) is 5.52. The Labute approximate surface area is 131 Å². The molecule has 4 nitrogen and oxygen atoms in total. The Bertz CT molecular complexity index is 571. The fraction of sp³-hybridized carbons (Fsp3) is 0.455. The summed E-state index contributed by atoms with van der Waals surface area (Å²) in [6, 6.07) is 2.89. The summed E-state index contributed by atoms with van der Waals surface area (Å²) < 4.78 is 27.1. The zero-order valence-corrected chi connectivity index (χ0v) is 13.9. The van der Waals surface area contributed by atoms with Crippen molar-refractivity contribution in [2.45, 2.75) is 23.8 Å². The van der Waals surface area contributed by atoms with Crippen molar-refractivity contribution < 1.29 is 8.42 Å². The van der Waals surface area contributed by atoms with Crippen LogP contribution < -0.4 is 5.73 Å². The third-order valence-corrected chi connectivity index (χ3v) is 6.23. The van der Waals surface area contributed by atoms with Gasteiger partial charge in [-0.15, -0.1) is 0 Å². The van der Waals surface area contributed by atoms with E-state index in [1.54, 1.807) is 0 Å². The number of nitrogens with zero attached hydrogens (tertiary/aromatic N) is 1. The molecule has 1 aliphatic rings. The second kappa shape index (κ2) is 5.87.